The van der Waals surface area contributed by atoms with Crippen LogP contribution in [0.3, 0.4) is 0 Å². The SMILES string of the molecule is Cc1cccc(C(=O)Nc2cccc(SCC(=O)c3ccc(Cl)cc3)c2)c1. The van der Waals surface area contributed by atoms with Crippen molar-refractivity contribution in [3.63, 3.8) is 0 Å². The molecule has 0 saturated heterocycles. The Kier molecular flexibility index (Phi) is 6.32. The number of aryl methyl sites for hydroxylation is 1. The Bertz CT molecular complexity index is 970. The Morgan fingerprint density at radius 3 is 2.41 bits per heavy atom. The molecule has 0 atom stereocenters. The molecule has 1 N–H and O–H groups in total. The van der Waals surface area contributed by atoms with E-state index in [2.05, 4.69) is 5.32 Å². The van der Waals surface area contributed by atoms with Gasteiger partial charge in [0.25, 0.3) is 5.91 Å². The number of hydrogen-bond acceptors (Lipinski definition) is 3. The summed E-state index contributed by atoms with van der Waals surface area (Å²) in [5.41, 5.74) is 2.99. The molecular formula is C22H18ClNO2S. The van der Waals surface area contributed by atoms with Crippen LogP contribution < -0.4 is 5.32 Å². The molecule has 136 valence electrons. The van der Waals surface area contributed by atoms with Gasteiger partial charge >= 0.3 is 0 Å². The van der Waals surface area contributed by atoms with E-state index in [-0.39, 0.29) is 11.7 Å². The van der Waals surface area contributed by atoms with E-state index in [0.29, 0.717) is 27.6 Å². The van der Waals surface area contributed by atoms with Crippen LogP contribution in [-0.2, 0) is 0 Å². The van der Waals surface area contributed by atoms with E-state index >= 15 is 0 Å². The van der Waals surface area contributed by atoms with Gasteiger partial charge < -0.3 is 5.32 Å². The van der Waals surface area contributed by atoms with Crippen molar-refractivity contribution in [2.75, 3.05) is 11.1 Å². The molecule has 0 fully saturated rings. The molecule has 3 nitrogen and oxygen atoms in total. The molecule has 0 aliphatic rings. The molecule has 0 spiro atoms. The monoisotopic (exact) mass is 395 g/mol. The van der Waals surface area contributed by atoms with E-state index < -0.39 is 0 Å². The van der Waals surface area contributed by atoms with Crippen molar-refractivity contribution in [1.29, 1.82) is 0 Å². The maximum Gasteiger partial charge on any atom is 0.255 e. The van der Waals surface area contributed by atoms with Crippen molar-refractivity contribution in [2.45, 2.75) is 11.8 Å². The van der Waals surface area contributed by atoms with Gasteiger partial charge in [-0.05, 0) is 61.5 Å². The molecule has 0 radical (unpaired) electrons. The third-order valence-corrected chi connectivity index (χ3v) is 5.15. The maximum atomic E-state index is 12.4. The normalized spacial score (nSPS) is 10.4. The summed E-state index contributed by atoms with van der Waals surface area (Å²) in [5.74, 6) is 0.195. The Balaban J connectivity index is 1.62. The maximum absolute atomic E-state index is 12.4. The third kappa shape index (κ3) is 5.46. The number of rotatable bonds is 6. The van der Waals surface area contributed by atoms with Gasteiger partial charge in [-0.15, -0.1) is 11.8 Å². The minimum absolute atomic E-state index is 0.0332. The zero-order chi connectivity index (χ0) is 19.2. The lowest BCUT2D eigenvalue weighted by atomic mass is 10.1. The highest BCUT2D eigenvalue weighted by Crippen LogP contribution is 2.23. The summed E-state index contributed by atoms with van der Waals surface area (Å²) < 4.78 is 0. The van der Waals surface area contributed by atoms with Crippen molar-refractivity contribution in [3.8, 4) is 0 Å². The molecule has 0 unspecified atom stereocenters. The second-order valence-corrected chi connectivity index (χ2v) is 7.56. The summed E-state index contributed by atoms with van der Waals surface area (Å²) >= 11 is 7.28. The molecule has 0 saturated carbocycles. The van der Waals surface area contributed by atoms with Gasteiger partial charge in [0.1, 0.15) is 0 Å². The summed E-state index contributed by atoms with van der Waals surface area (Å²) in [6, 6.07) is 21.8. The summed E-state index contributed by atoms with van der Waals surface area (Å²) in [4.78, 5) is 25.6. The summed E-state index contributed by atoms with van der Waals surface area (Å²) in [7, 11) is 0. The van der Waals surface area contributed by atoms with Crippen LogP contribution >= 0.6 is 23.4 Å². The summed E-state index contributed by atoms with van der Waals surface area (Å²) in [5, 5.41) is 3.51. The highest BCUT2D eigenvalue weighted by molar-refractivity contribution is 8.00. The molecule has 0 bridgehead atoms. The van der Waals surface area contributed by atoms with E-state index in [9.17, 15) is 9.59 Å². The van der Waals surface area contributed by atoms with Gasteiger partial charge in [0.2, 0.25) is 0 Å². The Labute approximate surface area is 167 Å². The van der Waals surface area contributed by atoms with Crippen molar-refractivity contribution >= 4 is 40.7 Å². The average molecular weight is 396 g/mol. The van der Waals surface area contributed by atoms with E-state index in [1.165, 1.54) is 11.8 Å². The lowest BCUT2D eigenvalue weighted by molar-refractivity contribution is 0.101. The lowest BCUT2D eigenvalue weighted by Crippen LogP contribution is -2.11. The first-order chi connectivity index (χ1) is 13.0. The van der Waals surface area contributed by atoms with Crippen molar-refractivity contribution < 1.29 is 9.59 Å². The Hall–Kier alpha value is -2.56. The molecular weight excluding hydrogens is 378 g/mol. The van der Waals surface area contributed by atoms with E-state index in [4.69, 9.17) is 11.6 Å². The summed E-state index contributed by atoms with van der Waals surface area (Å²) in [6.07, 6.45) is 0. The van der Waals surface area contributed by atoms with Crippen molar-refractivity contribution in [1.82, 2.24) is 0 Å². The van der Waals surface area contributed by atoms with Gasteiger partial charge in [-0.2, -0.15) is 0 Å². The number of Topliss-reactive ketones (excluding diaryl/α,β-unsaturated/α-hetero) is 1. The molecule has 5 heteroatoms. The Morgan fingerprint density at radius 1 is 0.926 bits per heavy atom. The number of nitrogens with one attached hydrogen (secondary N) is 1. The third-order valence-electron chi connectivity index (χ3n) is 3.91. The van der Waals surface area contributed by atoms with Gasteiger partial charge in [-0.1, -0.05) is 35.4 Å². The summed E-state index contributed by atoms with van der Waals surface area (Å²) in [6.45, 7) is 1.95. The zero-order valence-corrected chi connectivity index (χ0v) is 16.3. The van der Waals surface area contributed by atoms with Crippen LogP contribution in [-0.4, -0.2) is 17.4 Å². The molecule has 0 aliphatic carbocycles. The van der Waals surface area contributed by atoms with E-state index in [1.54, 1.807) is 30.3 Å². The van der Waals surface area contributed by atoms with Crippen molar-refractivity contribution in [2.24, 2.45) is 0 Å². The van der Waals surface area contributed by atoms with Crippen LogP contribution in [0.5, 0.6) is 0 Å². The molecule has 27 heavy (non-hydrogen) atoms. The van der Waals surface area contributed by atoms with E-state index in [1.807, 2.05) is 49.4 Å². The van der Waals surface area contributed by atoms with Gasteiger partial charge in [0.05, 0.1) is 5.75 Å². The van der Waals surface area contributed by atoms with Gasteiger partial charge in [0.15, 0.2) is 5.78 Å². The van der Waals surface area contributed by atoms with Crippen LogP contribution in [0, 0.1) is 6.92 Å². The highest BCUT2D eigenvalue weighted by Gasteiger charge is 2.09. The minimum Gasteiger partial charge on any atom is -0.322 e. The van der Waals surface area contributed by atoms with Gasteiger partial charge in [0, 0.05) is 26.7 Å². The molecule has 0 heterocycles. The quantitative estimate of drug-likeness (QED) is 0.419. The molecule has 0 aliphatic heterocycles. The van der Waals surface area contributed by atoms with Gasteiger partial charge in [-0.25, -0.2) is 0 Å². The zero-order valence-electron chi connectivity index (χ0n) is 14.7. The fourth-order valence-corrected chi connectivity index (χ4v) is 3.50. The predicted octanol–water partition coefficient (Wildman–Crippen LogP) is 5.88. The van der Waals surface area contributed by atoms with Crippen LogP contribution in [0.15, 0.2) is 77.7 Å². The number of hydrogen-bond donors (Lipinski definition) is 1. The van der Waals surface area contributed by atoms with Crippen LogP contribution in [0.25, 0.3) is 0 Å². The number of amides is 1. The van der Waals surface area contributed by atoms with Gasteiger partial charge in [-0.3, -0.25) is 9.59 Å². The highest BCUT2D eigenvalue weighted by atomic mass is 35.5. The Morgan fingerprint density at radius 2 is 1.67 bits per heavy atom. The molecule has 3 aromatic rings. The second-order valence-electron chi connectivity index (χ2n) is 6.07. The molecule has 1 amide bonds. The molecule has 3 rings (SSSR count). The van der Waals surface area contributed by atoms with Crippen LogP contribution in [0.2, 0.25) is 5.02 Å². The largest absolute Gasteiger partial charge is 0.322 e. The average Bonchev–Trinajstić information content (AvgIpc) is 2.67. The smallest absolute Gasteiger partial charge is 0.255 e. The first-order valence-electron chi connectivity index (χ1n) is 8.41. The van der Waals surface area contributed by atoms with Crippen LogP contribution in [0.4, 0.5) is 5.69 Å². The molecule has 3 aromatic carbocycles. The fraction of sp³-hybridized carbons (Fsp3) is 0.0909. The number of anilines is 1. The number of thioether (sulfide) groups is 1. The number of ketones is 1. The molecule has 0 aromatic heterocycles. The van der Waals surface area contributed by atoms with E-state index in [0.717, 1.165) is 10.5 Å². The second kappa shape index (κ2) is 8.89. The number of carbonyl (C=O) groups is 2. The first-order valence-corrected chi connectivity index (χ1v) is 9.77. The first kappa shape index (κ1) is 19.2. The lowest BCUT2D eigenvalue weighted by Gasteiger charge is -2.08. The predicted molar refractivity (Wildman–Crippen MR) is 112 cm³/mol. The topological polar surface area (TPSA) is 46.2 Å². The van der Waals surface area contributed by atoms with Crippen molar-refractivity contribution in [3.05, 3.63) is 94.5 Å². The number of benzene rings is 3. The fourth-order valence-electron chi connectivity index (χ4n) is 2.52. The minimum atomic E-state index is -0.155. The standard InChI is InChI=1S/C22H18ClNO2S/c1-15-4-2-5-17(12-15)22(26)24-19-6-3-7-20(13-19)27-14-21(25)16-8-10-18(23)11-9-16/h2-13H,14H2,1H3,(H,24,26). The number of carbonyl (C=O) groups excluding carboxylic acids is 2. The number of halogens is 1. The van der Waals surface area contributed by atoms with Crippen LogP contribution in [0.1, 0.15) is 26.3 Å².